The summed E-state index contributed by atoms with van der Waals surface area (Å²) < 4.78 is 22.0. The van der Waals surface area contributed by atoms with Crippen LogP contribution in [0.4, 0.5) is 39.8 Å². The zero-order chi connectivity index (χ0) is 49.9. The van der Waals surface area contributed by atoms with E-state index in [1.165, 1.54) is 17.1 Å². The van der Waals surface area contributed by atoms with E-state index in [-0.39, 0.29) is 0 Å². The van der Waals surface area contributed by atoms with E-state index in [4.69, 9.17) is 41.3 Å². The van der Waals surface area contributed by atoms with Crippen molar-refractivity contribution in [2.75, 3.05) is 136 Å². The highest BCUT2D eigenvalue weighted by Crippen LogP contribution is 2.39. The molecule has 0 aliphatic carbocycles. The molecule has 0 amide bonds. The van der Waals surface area contributed by atoms with Crippen LogP contribution >= 0.6 is 11.6 Å². The first-order chi connectivity index (χ1) is 35.9. The average Bonchev–Trinajstić information content (AvgIpc) is 3.46. The number of ether oxygens (including phenoxy) is 4. The molecule has 6 aromatic heterocycles. The molecule has 8 aromatic rings. The number of morpholine rings is 4. The largest absolute Gasteiger partial charge is 0.397 e. The Kier molecular flexibility index (Phi) is 15.9. The standard InChI is InChI=1S/C28H30N6O2.C14H10ClN3.C14H21N3O2/c1-20-27(22-7-9-29-19-25(22)32-28(20)23-4-2-3-8-30-23)31-24-18-21(33-10-14-35-15-11-33)5-6-26(24)34-12-16-36-17-13-34;1-9-13(15)10-5-7-16-8-12(10)18-14(9)11-4-2-3-6-17-11;15-13-11-12(16-3-7-18-8-4-16)1-2-14(13)17-5-9-19-10-6-17/h2-9,18-19H,10-17H2,1H3,(H,31,32);2-8H,1H3;1-2,11H,3-10,15H2. The molecule has 2 aromatic carbocycles. The van der Waals surface area contributed by atoms with Gasteiger partial charge in [-0.25, -0.2) is 9.97 Å². The number of anilines is 7. The molecule has 0 bridgehead atoms. The maximum atomic E-state index is 6.39. The Labute approximate surface area is 431 Å². The summed E-state index contributed by atoms with van der Waals surface area (Å²) in [4.78, 5) is 36.2. The Balaban J connectivity index is 0.000000139. The van der Waals surface area contributed by atoms with Crippen molar-refractivity contribution in [1.29, 1.82) is 0 Å². The number of halogens is 1. The van der Waals surface area contributed by atoms with Gasteiger partial charge in [-0.15, -0.1) is 0 Å². The number of benzene rings is 2. The molecule has 0 spiro atoms. The van der Waals surface area contributed by atoms with Crippen LogP contribution in [0, 0.1) is 13.8 Å². The number of nitrogens with two attached hydrogens (primary N) is 1. The lowest BCUT2D eigenvalue weighted by atomic mass is 10.0. The van der Waals surface area contributed by atoms with E-state index in [2.05, 4.69) is 93.2 Å². The molecule has 4 saturated heterocycles. The van der Waals surface area contributed by atoms with E-state index >= 15 is 0 Å². The van der Waals surface area contributed by atoms with Crippen LogP contribution in [-0.4, -0.2) is 135 Å². The molecular weight excluding hydrogens is 940 g/mol. The minimum absolute atomic E-state index is 0.711. The predicted octanol–water partition coefficient (Wildman–Crippen LogP) is 9.01. The number of rotatable bonds is 8. The van der Waals surface area contributed by atoms with Gasteiger partial charge >= 0.3 is 0 Å². The van der Waals surface area contributed by atoms with E-state index in [0.717, 1.165) is 184 Å². The van der Waals surface area contributed by atoms with Gasteiger partial charge in [0.05, 0.1) is 133 Å². The molecule has 17 heteroatoms. The highest BCUT2D eigenvalue weighted by atomic mass is 35.5. The Morgan fingerprint density at radius 1 is 0.507 bits per heavy atom. The monoisotopic (exact) mass is 1000 g/mol. The summed E-state index contributed by atoms with van der Waals surface area (Å²) in [6, 6.07) is 28.7. The van der Waals surface area contributed by atoms with Crippen molar-refractivity contribution < 1.29 is 18.9 Å². The fraction of sp³-hybridized carbons (Fsp3) is 0.321. The number of fused-ring (bicyclic) bond motifs is 2. The minimum Gasteiger partial charge on any atom is -0.397 e. The van der Waals surface area contributed by atoms with Gasteiger partial charge in [0, 0.05) is 105 Å². The average molecular weight is 1000 g/mol. The first kappa shape index (κ1) is 49.4. The Hall–Kier alpha value is -7.21. The number of nitrogens with zero attached hydrogens (tertiary/aromatic N) is 10. The summed E-state index contributed by atoms with van der Waals surface area (Å²) in [5, 5.41) is 6.50. The fourth-order valence-electron chi connectivity index (χ4n) is 9.56. The molecule has 0 atom stereocenters. The molecule has 12 rings (SSSR count). The third kappa shape index (κ3) is 11.5. The van der Waals surface area contributed by atoms with Gasteiger partial charge in [0.15, 0.2) is 0 Å². The van der Waals surface area contributed by atoms with Crippen LogP contribution in [-0.2, 0) is 18.9 Å². The van der Waals surface area contributed by atoms with Gasteiger partial charge in [-0.2, -0.15) is 0 Å². The summed E-state index contributed by atoms with van der Waals surface area (Å²) in [6.45, 7) is 17.4. The molecule has 4 aliphatic heterocycles. The second-order valence-corrected chi connectivity index (χ2v) is 18.4. The summed E-state index contributed by atoms with van der Waals surface area (Å²) >= 11 is 6.39. The van der Waals surface area contributed by atoms with Gasteiger partial charge in [-0.05, 0) is 92.2 Å². The summed E-state index contributed by atoms with van der Waals surface area (Å²) in [5.41, 5.74) is 20.8. The second kappa shape index (κ2) is 23.6. The highest BCUT2D eigenvalue weighted by molar-refractivity contribution is 6.36. The third-order valence-corrected chi connectivity index (χ3v) is 14.0. The molecule has 10 heterocycles. The van der Waals surface area contributed by atoms with Gasteiger partial charge in [-0.1, -0.05) is 23.7 Å². The van der Waals surface area contributed by atoms with Crippen molar-refractivity contribution in [3.63, 3.8) is 0 Å². The third-order valence-electron chi connectivity index (χ3n) is 13.5. The van der Waals surface area contributed by atoms with Crippen molar-refractivity contribution in [3.8, 4) is 22.8 Å². The van der Waals surface area contributed by atoms with Gasteiger partial charge in [0.25, 0.3) is 0 Å². The quantitative estimate of drug-likeness (QED) is 0.138. The molecule has 4 aliphatic rings. The zero-order valence-corrected chi connectivity index (χ0v) is 42.2. The minimum atomic E-state index is 0.711. The van der Waals surface area contributed by atoms with Gasteiger partial charge < -0.3 is 49.6 Å². The molecule has 0 saturated carbocycles. The molecule has 376 valence electrons. The molecule has 3 N–H and O–H groups in total. The lowest BCUT2D eigenvalue weighted by Crippen LogP contribution is -2.37. The first-order valence-corrected chi connectivity index (χ1v) is 25.4. The van der Waals surface area contributed by atoms with Crippen LogP contribution in [0.5, 0.6) is 0 Å². The molecule has 4 fully saturated rings. The number of hydrogen-bond donors (Lipinski definition) is 2. The Bertz CT molecular complexity index is 3110. The lowest BCUT2D eigenvalue weighted by Gasteiger charge is -2.33. The van der Waals surface area contributed by atoms with E-state index in [0.29, 0.717) is 5.02 Å². The van der Waals surface area contributed by atoms with Crippen molar-refractivity contribution in [1.82, 2.24) is 29.9 Å². The number of nitrogens with one attached hydrogen (secondary N) is 1. The van der Waals surface area contributed by atoms with Crippen LogP contribution < -0.4 is 30.7 Å². The van der Waals surface area contributed by atoms with E-state index in [9.17, 15) is 0 Å². The van der Waals surface area contributed by atoms with Gasteiger partial charge in [0.2, 0.25) is 0 Å². The molecular formula is C56H61ClN12O4. The van der Waals surface area contributed by atoms with E-state index in [1.807, 2.05) is 67.8 Å². The van der Waals surface area contributed by atoms with Crippen molar-refractivity contribution in [2.45, 2.75) is 13.8 Å². The maximum Gasteiger partial charge on any atom is 0.0944 e. The van der Waals surface area contributed by atoms with Gasteiger partial charge in [-0.3, -0.25) is 19.9 Å². The van der Waals surface area contributed by atoms with Crippen LogP contribution in [0.3, 0.4) is 0 Å². The fourth-order valence-corrected chi connectivity index (χ4v) is 9.81. The van der Waals surface area contributed by atoms with Crippen LogP contribution in [0.1, 0.15) is 11.1 Å². The highest BCUT2D eigenvalue weighted by Gasteiger charge is 2.22. The Morgan fingerprint density at radius 2 is 0.973 bits per heavy atom. The predicted molar refractivity (Wildman–Crippen MR) is 293 cm³/mol. The smallest absolute Gasteiger partial charge is 0.0944 e. The Morgan fingerprint density at radius 3 is 1.49 bits per heavy atom. The zero-order valence-electron chi connectivity index (χ0n) is 41.4. The number of nitrogen functional groups attached to an aromatic ring is 1. The van der Waals surface area contributed by atoms with Crippen LogP contribution in [0.25, 0.3) is 44.6 Å². The van der Waals surface area contributed by atoms with Gasteiger partial charge in [0.1, 0.15) is 0 Å². The van der Waals surface area contributed by atoms with Crippen molar-refractivity contribution >= 4 is 73.2 Å². The molecule has 73 heavy (non-hydrogen) atoms. The SMILES string of the molecule is Cc1c(-c2ccccn2)nc2cnccc2c1Cl.Cc1c(-c2ccccn2)nc2cnccc2c1Nc1cc(N2CCOCC2)ccc1N1CCOCC1.Nc1cc(N2CCOCC2)ccc1N1CCOCC1. The topological polar surface area (TPSA) is 165 Å². The first-order valence-electron chi connectivity index (χ1n) is 25.0. The molecule has 0 radical (unpaired) electrons. The maximum absolute atomic E-state index is 6.39. The van der Waals surface area contributed by atoms with Crippen LogP contribution in [0.15, 0.2) is 122 Å². The summed E-state index contributed by atoms with van der Waals surface area (Å²) in [6.07, 6.45) is 10.6. The summed E-state index contributed by atoms with van der Waals surface area (Å²) in [7, 11) is 0. The molecule has 16 nitrogen and oxygen atoms in total. The van der Waals surface area contributed by atoms with E-state index in [1.54, 1.807) is 24.8 Å². The number of pyridine rings is 6. The normalized spacial score (nSPS) is 16.1. The van der Waals surface area contributed by atoms with Crippen LogP contribution in [0.2, 0.25) is 5.02 Å². The second-order valence-electron chi connectivity index (χ2n) is 18.0. The summed E-state index contributed by atoms with van der Waals surface area (Å²) in [5.74, 6) is 0. The molecule has 0 unspecified atom stereocenters. The van der Waals surface area contributed by atoms with Crippen molar-refractivity contribution in [3.05, 3.63) is 138 Å². The lowest BCUT2D eigenvalue weighted by molar-refractivity contribution is 0.122. The number of aromatic nitrogens is 6. The number of hydrogen-bond acceptors (Lipinski definition) is 16. The van der Waals surface area contributed by atoms with E-state index < -0.39 is 0 Å². The van der Waals surface area contributed by atoms with Crippen molar-refractivity contribution in [2.24, 2.45) is 0 Å².